The first-order valence-electron chi connectivity index (χ1n) is 6.12. The minimum absolute atomic E-state index is 0.0266. The van der Waals surface area contributed by atoms with E-state index in [1.807, 2.05) is 18.2 Å². The van der Waals surface area contributed by atoms with Gasteiger partial charge in [-0.25, -0.2) is 0 Å². The Kier molecular flexibility index (Phi) is 4.10. The molecule has 0 saturated heterocycles. The van der Waals surface area contributed by atoms with Crippen LogP contribution in [-0.4, -0.2) is 11.7 Å². The van der Waals surface area contributed by atoms with E-state index in [1.165, 1.54) is 4.90 Å². The summed E-state index contributed by atoms with van der Waals surface area (Å²) < 4.78 is 5.82. The molecule has 104 valence electrons. The number of amides is 1. The van der Waals surface area contributed by atoms with Crippen molar-refractivity contribution < 1.29 is 9.21 Å². The van der Waals surface area contributed by atoms with Crippen LogP contribution in [0.25, 0.3) is 0 Å². The van der Waals surface area contributed by atoms with Gasteiger partial charge < -0.3 is 9.73 Å². The van der Waals surface area contributed by atoms with Crippen LogP contribution in [0.5, 0.6) is 0 Å². The average Bonchev–Trinajstić information content (AvgIpc) is 2.86. The number of thioether (sulfide) groups is 1. The lowest BCUT2D eigenvalue weighted by molar-refractivity contribution is 0.0905. The molecule has 1 unspecified atom stereocenters. The van der Waals surface area contributed by atoms with E-state index in [1.54, 1.807) is 23.9 Å². The fraction of sp³-hybridized carbons (Fsp3) is 0.214. The van der Waals surface area contributed by atoms with E-state index >= 15 is 0 Å². The first kappa shape index (κ1) is 14.0. The third-order valence-electron chi connectivity index (χ3n) is 3.11. The lowest BCUT2D eigenvalue weighted by Gasteiger charge is -2.25. The highest BCUT2D eigenvalue weighted by molar-refractivity contribution is 9.10. The fourth-order valence-corrected chi connectivity index (χ4v) is 3.77. The third kappa shape index (κ3) is 2.90. The predicted molar refractivity (Wildman–Crippen MR) is 83.4 cm³/mol. The van der Waals surface area contributed by atoms with Crippen LogP contribution in [0.2, 0.25) is 5.02 Å². The van der Waals surface area contributed by atoms with Crippen LogP contribution in [0.3, 0.4) is 0 Å². The quantitative estimate of drug-likeness (QED) is 0.833. The second-order valence-corrected chi connectivity index (χ2v) is 6.80. The highest BCUT2D eigenvalue weighted by Gasteiger charge is 2.24. The summed E-state index contributed by atoms with van der Waals surface area (Å²) in [6.45, 7) is 0. The number of carbonyl (C=O) groups excluding carboxylic acids is 1. The third-order valence-corrected chi connectivity index (χ3v) is 4.90. The van der Waals surface area contributed by atoms with Crippen LogP contribution < -0.4 is 5.32 Å². The summed E-state index contributed by atoms with van der Waals surface area (Å²) in [6.07, 6.45) is 0.881. The predicted octanol–water partition coefficient (Wildman–Crippen LogP) is 4.66. The molecule has 1 atom stereocenters. The molecule has 0 bridgehead atoms. The molecule has 6 heteroatoms. The van der Waals surface area contributed by atoms with Crippen LogP contribution in [-0.2, 0) is 0 Å². The monoisotopic (exact) mass is 371 g/mol. The lowest BCUT2D eigenvalue weighted by atomic mass is 10.0. The molecule has 0 radical (unpaired) electrons. The van der Waals surface area contributed by atoms with Crippen LogP contribution in [0, 0.1) is 0 Å². The number of hydrogen-bond acceptors (Lipinski definition) is 3. The highest BCUT2D eigenvalue weighted by Crippen LogP contribution is 2.37. The average molecular weight is 373 g/mol. The second-order valence-electron chi connectivity index (χ2n) is 4.45. The van der Waals surface area contributed by atoms with E-state index in [9.17, 15) is 4.79 Å². The summed E-state index contributed by atoms with van der Waals surface area (Å²) >= 11 is 11.0. The molecule has 1 aliphatic heterocycles. The van der Waals surface area contributed by atoms with Crippen molar-refractivity contribution in [2.75, 3.05) is 5.75 Å². The molecular formula is C14H11BrClNO2S. The second kappa shape index (κ2) is 5.84. The van der Waals surface area contributed by atoms with Gasteiger partial charge in [-0.15, -0.1) is 11.8 Å². The number of fused-ring (bicyclic) bond motifs is 1. The number of halogens is 2. The van der Waals surface area contributed by atoms with Gasteiger partial charge in [-0.2, -0.15) is 0 Å². The van der Waals surface area contributed by atoms with Gasteiger partial charge in [0.2, 0.25) is 0 Å². The first-order chi connectivity index (χ1) is 9.63. The Hall–Kier alpha value is -0.910. The molecule has 1 aliphatic rings. The maximum absolute atomic E-state index is 12.2. The summed E-state index contributed by atoms with van der Waals surface area (Å²) in [6, 6.07) is 9.13. The van der Waals surface area contributed by atoms with Gasteiger partial charge in [0.15, 0.2) is 10.4 Å². The Morgan fingerprint density at radius 3 is 3.00 bits per heavy atom. The number of nitrogens with one attached hydrogen (secondary N) is 1. The van der Waals surface area contributed by atoms with Crippen LogP contribution in [0.4, 0.5) is 0 Å². The molecule has 0 aliphatic carbocycles. The van der Waals surface area contributed by atoms with E-state index in [2.05, 4.69) is 21.2 Å². The number of carbonyl (C=O) groups is 1. The van der Waals surface area contributed by atoms with E-state index < -0.39 is 0 Å². The van der Waals surface area contributed by atoms with Crippen molar-refractivity contribution >= 4 is 45.2 Å². The molecule has 3 rings (SSSR count). The zero-order valence-electron chi connectivity index (χ0n) is 10.4. The van der Waals surface area contributed by atoms with Gasteiger partial charge in [-0.05, 0) is 58.2 Å². The zero-order valence-corrected chi connectivity index (χ0v) is 13.5. The molecule has 1 aromatic carbocycles. The molecule has 1 amide bonds. The topological polar surface area (TPSA) is 42.2 Å². The summed E-state index contributed by atoms with van der Waals surface area (Å²) in [5.74, 6) is 1.07. The standard InChI is InChI=1S/C14H11BrClNO2S/c15-13-4-2-11(19-13)14(18)17-10-5-6-20-12-3-1-8(16)7-9(10)12/h1-4,7,10H,5-6H2,(H,17,18). The minimum Gasteiger partial charge on any atom is -0.444 e. The molecule has 0 fully saturated rings. The van der Waals surface area contributed by atoms with Crippen molar-refractivity contribution in [1.29, 1.82) is 0 Å². The molecule has 20 heavy (non-hydrogen) atoms. The number of benzene rings is 1. The van der Waals surface area contributed by atoms with Crippen molar-refractivity contribution in [3.8, 4) is 0 Å². The minimum atomic E-state index is -0.210. The largest absolute Gasteiger partial charge is 0.444 e. The molecule has 3 nitrogen and oxygen atoms in total. The Balaban J connectivity index is 1.82. The lowest BCUT2D eigenvalue weighted by Crippen LogP contribution is -2.30. The van der Waals surface area contributed by atoms with E-state index in [0.29, 0.717) is 15.5 Å². The number of hydrogen-bond donors (Lipinski definition) is 1. The maximum atomic E-state index is 12.2. The van der Waals surface area contributed by atoms with Crippen molar-refractivity contribution in [3.05, 3.63) is 51.3 Å². The smallest absolute Gasteiger partial charge is 0.287 e. The van der Waals surface area contributed by atoms with E-state index in [-0.39, 0.29) is 11.9 Å². The zero-order chi connectivity index (χ0) is 14.1. The van der Waals surface area contributed by atoms with Crippen LogP contribution in [0.15, 0.2) is 44.3 Å². The number of rotatable bonds is 2. The van der Waals surface area contributed by atoms with Crippen LogP contribution >= 0.6 is 39.3 Å². The van der Waals surface area contributed by atoms with E-state index in [4.69, 9.17) is 16.0 Å². The highest BCUT2D eigenvalue weighted by atomic mass is 79.9. The Morgan fingerprint density at radius 2 is 2.25 bits per heavy atom. The first-order valence-corrected chi connectivity index (χ1v) is 8.27. The van der Waals surface area contributed by atoms with Gasteiger partial charge in [0.05, 0.1) is 6.04 Å². The normalized spacial score (nSPS) is 17.6. The summed E-state index contributed by atoms with van der Waals surface area (Å²) in [4.78, 5) is 13.3. The molecule has 1 aromatic heterocycles. The van der Waals surface area contributed by atoms with Crippen LogP contribution in [0.1, 0.15) is 28.6 Å². The summed E-state index contributed by atoms with van der Waals surface area (Å²) in [5.41, 5.74) is 1.08. The van der Waals surface area contributed by atoms with Gasteiger partial charge in [0.1, 0.15) is 0 Å². The maximum Gasteiger partial charge on any atom is 0.287 e. The van der Waals surface area contributed by atoms with Gasteiger partial charge in [-0.3, -0.25) is 4.79 Å². The number of furan rings is 1. The van der Waals surface area contributed by atoms with Crippen molar-refractivity contribution in [1.82, 2.24) is 5.32 Å². The Morgan fingerprint density at radius 1 is 1.40 bits per heavy atom. The van der Waals surface area contributed by atoms with Crippen molar-refractivity contribution in [2.24, 2.45) is 0 Å². The molecular weight excluding hydrogens is 362 g/mol. The van der Waals surface area contributed by atoms with Crippen molar-refractivity contribution in [2.45, 2.75) is 17.4 Å². The summed E-state index contributed by atoms with van der Waals surface area (Å²) in [5, 5.41) is 3.69. The molecule has 0 spiro atoms. The molecule has 1 N–H and O–H groups in total. The van der Waals surface area contributed by atoms with E-state index in [0.717, 1.165) is 17.7 Å². The van der Waals surface area contributed by atoms with Gasteiger partial charge >= 0.3 is 0 Å². The SMILES string of the molecule is O=C(NC1CCSc2ccc(Cl)cc21)c1ccc(Br)o1. The van der Waals surface area contributed by atoms with Crippen molar-refractivity contribution in [3.63, 3.8) is 0 Å². The fourth-order valence-electron chi connectivity index (χ4n) is 2.18. The molecule has 0 saturated carbocycles. The Labute approximate surface area is 134 Å². The Bertz CT molecular complexity index is 658. The molecule has 2 aromatic rings. The van der Waals surface area contributed by atoms with Gasteiger partial charge in [0, 0.05) is 15.7 Å². The summed E-state index contributed by atoms with van der Waals surface area (Å²) in [7, 11) is 0. The van der Waals surface area contributed by atoms with Gasteiger partial charge in [-0.1, -0.05) is 11.6 Å². The van der Waals surface area contributed by atoms with Gasteiger partial charge in [0.25, 0.3) is 5.91 Å². The molecule has 2 heterocycles.